The Hall–Kier alpha value is -2.01. The van der Waals surface area contributed by atoms with Crippen LogP contribution in [-0.2, 0) is 6.54 Å². The van der Waals surface area contributed by atoms with Crippen LogP contribution in [0, 0.1) is 6.92 Å². The molecule has 1 aromatic rings. The van der Waals surface area contributed by atoms with Gasteiger partial charge in [0, 0.05) is 13.6 Å². The molecule has 20 heavy (non-hydrogen) atoms. The molecule has 0 saturated heterocycles. The van der Waals surface area contributed by atoms with Crippen molar-refractivity contribution in [2.75, 3.05) is 14.2 Å². The lowest BCUT2D eigenvalue weighted by Crippen LogP contribution is -2.24. The molecule has 0 aliphatic rings. The Morgan fingerprint density at radius 3 is 2.60 bits per heavy atom. The number of methoxy groups -OCH3 is 1. The summed E-state index contributed by atoms with van der Waals surface area (Å²) in [7, 11) is 3.38. The molecule has 0 aromatic heterocycles. The van der Waals surface area contributed by atoms with E-state index in [0.29, 0.717) is 18.1 Å². The highest BCUT2D eigenvalue weighted by Gasteiger charge is 2.04. The molecule has 0 aliphatic heterocycles. The Morgan fingerprint density at radius 2 is 2.10 bits per heavy atom. The minimum Gasteiger partial charge on any atom is -0.497 e. The van der Waals surface area contributed by atoms with E-state index in [4.69, 9.17) is 27.8 Å². The molecule has 1 aromatic carbocycles. The number of halogens is 1. The topological polar surface area (TPSA) is 85.3 Å². The van der Waals surface area contributed by atoms with Crippen LogP contribution in [0.4, 0.5) is 0 Å². The van der Waals surface area contributed by atoms with E-state index < -0.39 is 0 Å². The molecule has 110 valence electrons. The second kappa shape index (κ2) is 7.55. The number of rotatable bonds is 6. The quantitative estimate of drug-likeness (QED) is 0.472. The van der Waals surface area contributed by atoms with Gasteiger partial charge in [-0.15, -0.1) is 0 Å². The van der Waals surface area contributed by atoms with Crippen LogP contribution in [0.25, 0.3) is 0 Å². The molecular weight excluding hydrogens is 276 g/mol. The molecule has 6 N–H and O–H groups in total. The van der Waals surface area contributed by atoms with Crippen LogP contribution in [-0.4, -0.2) is 14.2 Å². The average molecular weight is 297 g/mol. The second-order valence-electron chi connectivity index (χ2n) is 4.25. The third-order valence-electron chi connectivity index (χ3n) is 2.86. The Balaban J connectivity index is 2.86. The van der Waals surface area contributed by atoms with Gasteiger partial charge in [0.2, 0.25) is 0 Å². The SMILES string of the molecule is CN/C(N)=C(/C=C(N)Cl)NCc1ccc(OC)cc1C. The molecule has 0 amide bonds. The molecule has 0 unspecified atom stereocenters. The van der Waals surface area contributed by atoms with E-state index in [1.54, 1.807) is 20.2 Å². The van der Waals surface area contributed by atoms with Crippen molar-refractivity contribution in [1.82, 2.24) is 10.6 Å². The molecule has 0 aliphatic carbocycles. The number of aryl methyl sites for hydroxylation is 1. The molecule has 0 saturated carbocycles. The van der Waals surface area contributed by atoms with E-state index >= 15 is 0 Å². The molecule has 0 atom stereocenters. The highest BCUT2D eigenvalue weighted by molar-refractivity contribution is 6.29. The highest BCUT2D eigenvalue weighted by Crippen LogP contribution is 2.17. The molecule has 0 heterocycles. The molecule has 0 fully saturated rings. The van der Waals surface area contributed by atoms with E-state index in [2.05, 4.69) is 10.6 Å². The van der Waals surface area contributed by atoms with Gasteiger partial charge in [-0.1, -0.05) is 17.7 Å². The van der Waals surface area contributed by atoms with Crippen molar-refractivity contribution in [1.29, 1.82) is 0 Å². The molecule has 0 bridgehead atoms. The minimum atomic E-state index is 0.164. The van der Waals surface area contributed by atoms with E-state index in [1.807, 2.05) is 25.1 Å². The first kappa shape index (κ1) is 16.0. The van der Waals surface area contributed by atoms with Crippen molar-refractivity contribution in [3.8, 4) is 5.75 Å². The standard InChI is InChI=1S/C14H21ClN4O/c1-9-6-11(20-3)5-4-10(9)8-19-12(7-13(15)16)14(17)18-2/h4-7,18-19H,8,16-17H2,1-3H3/b13-7?,14-12-. The van der Waals surface area contributed by atoms with Gasteiger partial charge >= 0.3 is 0 Å². The number of nitrogens with two attached hydrogens (primary N) is 2. The zero-order chi connectivity index (χ0) is 15.1. The first-order chi connectivity index (χ1) is 9.47. The predicted molar refractivity (Wildman–Crippen MR) is 83.0 cm³/mol. The lowest BCUT2D eigenvalue weighted by Gasteiger charge is -2.13. The van der Waals surface area contributed by atoms with E-state index in [0.717, 1.165) is 16.9 Å². The van der Waals surface area contributed by atoms with E-state index in [-0.39, 0.29) is 5.16 Å². The molecular formula is C14H21ClN4O. The first-order valence-corrected chi connectivity index (χ1v) is 6.53. The number of hydrogen-bond acceptors (Lipinski definition) is 5. The second-order valence-corrected chi connectivity index (χ2v) is 4.69. The summed E-state index contributed by atoms with van der Waals surface area (Å²) in [6.07, 6.45) is 1.58. The fourth-order valence-electron chi connectivity index (χ4n) is 1.68. The van der Waals surface area contributed by atoms with Crippen LogP contribution in [0.3, 0.4) is 0 Å². The van der Waals surface area contributed by atoms with Gasteiger partial charge in [-0.2, -0.15) is 0 Å². The van der Waals surface area contributed by atoms with Crippen LogP contribution < -0.4 is 26.8 Å². The Morgan fingerprint density at radius 1 is 1.40 bits per heavy atom. The van der Waals surface area contributed by atoms with Crippen LogP contribution in [0.15, 0.2) is 40.9 Å². The van der Waals surface area contributed by atoms with Gasteiger partial charge in [0.05, 0.1) is 12.8 Å². The van der Waals surface area contributed by atoms with Crippen molar-refractivity contribution < 1.29 is 4.74 Å². The molecule has 0 radical (unpaired) electrons. The van der Waals surface area contributed by atoms with Crippen LogP contribution in [0.2, 0.25) is 0 Å². The molecule has 5 nitrogen and oxygen atoms in total. The summed E-state index contributed by atoms with van der Waals surface area (Å²) in [5, 5.41) is 6.23. The van der Waals surface area contributed by atoms with Crippen molar-refractivity contribution in [3.05, 3.63) is 52.1 Å². The summed E-state index contributed by atoms with van der Waals surface area (Å²) in [4.78, 5) is 0. The van der Waals surface area contributed by atoms with Gasteiger partial charge < -0.3 is 26.8 Å². The summed E-state index contributed by atoms with van der Waals surface area (Å²) >= 11 is 5.69. The normalized spacial score (nSPS) is 12.7. The van der Waals surface area contributed by atoms with Gasteiger partial charge in [0.1, 0.15) is 16.7 Å². The van der Waals surface area contributed by atoms with E-state index in [1.165, 1.54) is 0 Å². The van der Waals surface area contributed by atoms with Crippen molar-refractivity contribution in [2.24, 2.45) is 11.5 Å². The Kier molecular flexibility index (Phi) is 6.06. The number of benzene rings is 1. The lowest BCUT2D eigenvalue weighted by atomic mass is 10.1. The first-order valence-electron chi connectivity index (χ1n) is 6.15. The van der Waals surface area contributed by atoms with Gasteiger partial charge in [-0.05, 0) is 36.3 Å². The summed E-state index contributed by atoms with van der Waals surface area (Å²) in [6, 6.07) is 5.90. The maximum atomic E-state index is 5.84. The maximum Gasteiger partial charge on any atom is 0.120 e. The van der Waals surface area contributed by atoms with Gasteiger partial charge in [0.25, 0.3) is 0 Å². The Bertz CT molecular complexity index is 522. The maximum absolute atomic E-state index is 5.84. The average Bonchev–Trinajstić information content (AvgIpc) is 2.43. The fraction of sp³-hybridized carbons (Fsp3) is 0.286. The largest absolute Gasteiger partial charge is 0.497 e. The summed E-state index contributed by atoms with van der Waals surface area (Å²) in [5.41, 5.74) is 14.2. The summed E-state index contributed by atoms with van der Waals surface area (Å²) in [6.45, 7) is 2.63. The number of nitrogens with one attached hydrogen (secondary N) is 2. The summed E-state index contributed by atoms with van der Waals surface area (Å²) in [5.74, 6) is 1.31. The third-order valence-corrected chi connectivity index (χ3v) is 2.97. The van der Waals surface area contributed by atoms with Crippen LogP contribution in [0.1, 0.15) is 11.1 Å². The van der Waals surface area contributed by atoms with E-state index in [9.17, 15) is 0 Å². The molecule has 6 heteroatoms. The smallest absolute Gasteiger partial charge is 0.120 e. The third kappa shape index (κ3) is 4.59. The minimum absolute atomic E-state index is 0.164. The van der Waals surface area contributed by atoms with Gasteiger partial charge in [-0.25, -0.2) is 0 Å². The van der Waals surface area contributed by atoms with Gasteiger partial charge in [0.15, 0.2) is 0 Å². The highest BCUT2D eigenvalue weighted by atomic mass is 35.5. The number of hydrogen-bond donors (Lipinski definition) is 4. The monoisotopic (exact) mass is 296 g/mol. The predicted octanol–water partition coefficient (Wildman–Crippen LogP) is 1.48. The van der Waals surface area contributed by atoms with Crippen LogP contribution in [0.5, 0.6) is 5.75 Å². The van der Waals surface area contributed by atoms with Crippen molar-refractivity contribution in [2.45, 2.75) is 13.5 Å². The molecule has 0 spiro atoms. The Labute approximate surface area is 124 Å². The van der Waals surface area contributed by atoms with Crippen LogP contribution >= 0.6 is 11.6 Å². The van der Waals surface area contributed by atoms with Crippen molar-refractivity contribution in [3.63, 3.8) is 0 Å². The zero-order valence-electron chi connectivity index (χ0n) is 12.0. The number of ether oxygens (including phenoxy) is 1. The summed E-state index contributed by atoms with van der Waals surface area (Å²) < 4.78 is 5.18. The lowest BCUT2D eigenvalue weighted by molar-refractivity contribution is 0.414. The zero-order valence-corrected chi connectivity index (χ0v) is 12.7. The van der Waals surface area contributed by atoms with Crippen molar-refractivity contribution >= 4 is 11.6 Å². The molecule has 1 rings (SSSR count). The number of allylic oxidation sites excluding steroid dienone is 1. The fourth-order valence-corrected chi connectivity index (χ4v) is 1.79. The van der Waals surface area contributed by atoms with Gasteiger partial charge in [-0.3, -0.25) is 0 Å².